The molecule has 15 heavy (non-hydrogen) atoms. The summed E-state index contributed by atoms with van der Waals surface area (Å²) in [5.74, 6) is 1.07. The highest BCUT2D eigenvalue weighted by atomic mass is 16.5. The molecule has 1 unspecified atom stereocenters. The zero-order valence-electron chi connectivity index (χ0n) is 10.3. The van der Waals surface area contributed by atoms with Crippen molar-refractivity contribution >= 4 is 5.78 Å². The van der Waals surface area contributed by atoms with Crippen molar-refractivity contribution in [3.05, 3.63) is 0 Å². The standard InChI is InChI=1S/C13H24O2/c1-13(2,15-3)9-8-11-6-4-5-7-12(14)10-11/h11H,4-10H2,1-3H3. The summed E-state index contributed by atoms with van der Waals surface area (Å²) in [6.45, 7) is 4.23. The average Bonchev–Trinajstić information content (AvgIpc) is 2.40. The lowest BCUT2D eigenvalue weighted by Gasteiger charge is -2.25. The average molecular weight is 212 g/mol. The highest BCUT2D eigenvalue weighted by Crippen LogP contribution is 2.28. The molecule has 0 aliphatic heterocycles. The zero-order chi connectivity index (χ0) is 11.3. The molecule has 0 aromatic carbocycles. The van der Waals surface area contributed by atoms with Crippen molar-refractivity contribution in [3.63, 3.8) is 0 Å². The molecule has 0 aromatic heterocycles. The molecule has 1 aliphatic carbocycles. The molecule has 0 saturated heterocycles. The van der Waals surface area contributed by atoms with E-state index >= 15 is 0 Å². The Morgan fingerprint density at radius 3 is 2.80 bits per heavy atom. The van der Waals surface area contributed by atoms with Gasteiger partial charge in [0.25, 0.3) is 0 Å². The second-order valence-electron chi connectivity index (χ2n) is 5.36. The Kier molecular flexibility index (Phi) is 4.78. The van der Waals surface area contributed by atoms with E-state index in [1.54, 1.807) is 7.11 Å². The van der Waals surface area contributed by atoms with Gasteiger partial charge in [0.05, 0.1) is 5.60 Å². The van der Waals surface area contributed by atoms with Crippen molar-refractivity contribution in [3.8, 4) is 0 Å². The van der Waals surface area contributed by atoms with Gasteiger partial charge in [-0.2, -0.15) is 0 Å². The van der Waals surface area contributed by atoms with Gasteiger partial charge in [-0.25, -0.2) is 0 Å². The fourth-order valence-corrected chi connectivity index (χ4v) is 2.18. The maximum absolute atomic E-state index is 11.5. The Hall–Kier alpha value is -0.370. The molecule has 2 nitrogen and oxygen atoms in total. The van der Waals surface area contributed by atoms with Gasteiger partial charge in [-0.3, -0.25) is 4.79 Å². The minimum Gasteiger partial charge on any atom is -0.379 e. The van der Waals surface area contributed by atoms with Gasteiger partial charge in [-0.05, 0) is 39.0 Å². The van der Waals surface area contributed by atoms with Gasteiger partial charge in [-0.15, -0.1) is 0 Å². The molecule has 0 heterocycles. The van der Waals surface area contributed by atoms with E-state index in [4.69, 9.17) is 4.74 Å². The monoisotopic (exact) mass is 212 g/mol. The molecule has 0 N–H and O–H groups in total. The summed E-state index contributed by atoms with van der Waals surface area (Å²) in [5, 5.41) is 0. The molecule has 1 saturated carbocycles. The van der Waals surface area contributed by atoms with Gasteiger partial charge in [0.1, 0.15) is 5.78 Å². The molecule has 88 valence electrons. The van der Waals surface area contributed by atoms with E-state index in [2.05, 4.69) is 13.8 Å². The first-order valence-corrected chi connectivity index (χ1v) is 6.10. The van der Waals surface area contributed by atoms with Crippen LogP contribution in [0.5, 0.6) is 0 Å². The van der Waals surface area contributed by atoms with Crippen LogP contribution < -0.4 is 0 Å². The summed E-state index contributed by atoms with van der Waals surface area (Å²) in [5.41, 5.74) is -0.0324. The van der Waals surface area contributed by atoms with E-state index in [1.807, 2.05) is 0 Å². The molecular formula is C13H24O2. The minimum atomic E-state index is -0.0324. The molecule has 0 aromatic rings. The fraction of sp³-hybridized carbons (Fsp3) is 0.923. The van der Waals surface area contributed by atoms with Crippen molar-refractivity contribution in [1.29, 1.82) is 0 Å². The lowest BCUT2D eigenvalue weighted by Crippen LogP contribution is -2.23. The molecular weight excluding hydrogens is 188 g/mol. The lowest BCUT2D eigenvalue weighted by atomic mass is 9.90. The van der Waals surface area contributed by atoms with Crippen molar-refractivity contribution in [1.82, 2.24) is 0 Å². The summed E-state index contributed by atoms with van der Waals surface area (Å²) >= 11 is 0. The van der Waals surface area contributed by atoms with Crippen LogP contribution in [0.3, 0.4) is 0 Å². The van der Waals surface area contributed by atoms with Crippen LogP contribution in [0, 0.1) is 5.92 Å². The van der Waals surface area contributed by atoms with Gasteiger partial charge in [0, 0.05) is 20.0 Å². The minimum absolute atomic E-state index is 0.0324. The predicted octanol–water partition coefficient (Wildman–Crippen LogP) is 3.34. The van der Waals surface area contributed by atoms with Crippen LogP contribution in [-0.4, -0.2) is 18.5 Å². The summed E-state index contributed by atoms with van der Waals surface area (Å²) < 4.78 is 5.40. The molecule has 0 radical (unpaired) electrons. The van der Waals surface area contributed by atoms with E-state index in [9.17, 15) is 4.79 Å². The summed E-state index contributed by atoms with van der Waals surface area (Å²) in [7, 11) is 1.76. The number of ether oxygens (including phenoxy) is 1. The van der Waals surface area contributed by atoms with Crippen LogP contribution in [0.1, 0.15) is 58.8 Å². The first-order valence-electron chi connectivity index (χ1n) is 6.10. The number of hydrogen-bond donors (Lipinski definition) is 0. The zero-order valence-corrected chi connectivity index (χ0v) is 10.3. The molecule has 0 spiro atoms. The van der Waals surface area contributed by atoms with E-state index in [0.717, 1.165) is 32.1 Å². The van der Waals surface area contributed by atoms with Crippen LogP contribution in [0.15, 0.2) is 0 Å². The highest BCUT2D eigenvalue weighted by molar-refractivity contribution is 5.78. The highest BCUT2D eigenvalue weighted by Gasteiger charge is 2.22. The summed E-state index contributed by atoms with van der Waals surface area (Å²) in [6.07, 6.45) is 7.36. The number of carbonyl (C=O) groups excluding carboxylic acids is 1. The van der Waals surface area contributed by atoms with Gasteiger partial charge < -0.3 is 4.74 Å². The topological polar surface area (TPSA) is 26.3 Å². The SMILES string of the molecule is COC(C)(C)CCC1CCCCC(=O)C1. The van der Waals surface area contributed by atoms with Crippen LogP contribution in [0.4, 0.5) is 0 Å². The quantitative estimate of drug-likeness (QED) is 0.668. The van der Waals surface area contributed by atoms with Crippen LogP contribution in [-0.2, 0) is 9.53 Å². The number of Topliss-reactive ketones (excluding diaryl/α,β-unsaturated/α-hetero) is 1. The molecule has 0 bridgehead atoms. The van der Waals surface area contributed by atoms with E-state index < -0.39 is 0 Å². The second-order valence-corrected chi connectivity index (χ2v) is 5.36. The fourth-order valence-electron chi connectivity index (χ4n) is 2.18. The van der Waals surface area contributed by atoms with Crippen LogP contribution >= 0.6 is 0 Å². The number of rotatable bonds is 4. The third-order valence-electron chi connectivity index (χ3n) is 3.54. The van der Waals surface area contributed by atoms with E-state index in [0.29, 0.717) is 11.7 Å². The number of carbonyl (C=O) groups is 1. The van der Waals surface area contributed by atoms with Crippen molar-refractivity contribution in [2.45, 2.75) is 64.4 Å². The molecule has 1 aliphatic rings. The van der Waals surface area contributed by atoms with E-state index in [1.165, 1.54) is 12.8 Å². The van der Waals surface area contributed by atoms with E-state index in [-0.39, 0.29) is 5.60 Å². The molecule has 1 fully saturated rings. The van der Waals surface area contributed by atoms with Gasteiger partial charge in [0.15, 0.2) is 0 Å². The lowest BCUT2D eigenvalue weighted by molar-refractivity contribution is -0.119. The molecule has 1 rings (SSSR count). The Morgan fingerprint density at radius 1 is 1.40 bits per heavy atom. The van der Waals surface area contributed by atoms with Gasteiger partial charge >= 0.3 is 0 Å². The molecule has 2 heteroatoms. The second kappa shape index (κ2) is 5.64. The van der Waals surface area contributed by atoms with Crippen molar-refractivity contribution in [2.24, 2.45) is 5.92 Å². The van der Waals surface area contributed by atoms with Gasteiger partial charge in [0.2, 0.25) is 0 Å². The van der Waals surface area contributed by atoms with Crippen LogP contribution in [0.25, 0.3) is 0 Å². The normalized spacial score (nSPS) is 23.9. The third-order valence-corrected chi connectivity index (χ3v) is 3.54. The van der Waals surface area contributed by atoms with Crippen molar-refractivity contribution in [2.75, 3.05) is 7.11 Å². The number of ketones is 1. The van der Waals surface area contributed by atoms with Crippen molar-refractivity contribution < 1.29 is 9.53 Å². The predicted molar refractivity (Wildman–Crippen MR) is 61.9 cm³/mol. The number of hydrogen-bond acceptors (Lipinski definition) is 2. The Bertz CT molecular complexity index is 209. The maximum atomic E-state index is 11.5. The van der Waals surface area contributed by atoms with Gasteiger partial charge in [-0.1, -0.05) is 12.8 Å². The Morgan fingerprint density at radius 2 is 2.13 bits per heavy atom. The Labute approximate surface area is 93.4 Å². The maximum Gasteiger partial charge on any atom is 0.133 e. The first-order chi connectivity index (χ1) is 7.03. The number of methoxy groups -OCH3 is 1. The van der Waals surface area contributed by atoms with Crippen LogP contribution in [0.2, 0.25) is 0 Å². The summed E-state index contributed by atoms with van der Waals surface area (Å²) in [6, 6.07) is 0. The smallest absolute Gasteiger partial charge is 0.133 e. The third kappa shape index (κ3) is 4.78. The Balaban J connectivity index is 2.33. The first kappa shape index (κ1) is 12.7. The largest absolute Gasteiger partial charge is 0.379 e. The molecule has 1 atom stereocenters. The molecule has 0 amide bonds. The summed E-state index contributed by atoms with van der Waals surface area (Å²) in [4.78, 5) is 11.5.